The van der Waals surface area contributed by atoms with Crippen LogP contribution in [0.3, 0.4) is 0 Å². The largest absolute Gasteiger partial charge is 0.334 e. The van der Waals surface area contributed by atoms with Crippen molar-refractivity contribution in [2.75, 3.05) is 6.54 Å². The highest BCUT2D eigenvalue weighted by Gasteiger charge is 2.27. The lowest BCUT2D eigenvalue weighted by Crippen LogP contribution is -2.36. The van der Waals surface area contributed by atoms with E-state index in [1.54, 1.807) is 6.20 Å². The van der Waals surface area contributed by atoms with Crippen molar-refractivity contribution in [3.63, 3.8) is 0 Å². The van der Waals surface area contributed by atoms with Gasteiger partial charge in [-0.05, 0) is 55.4 Å². The van der Waals surface area contributed by atoms with Crippen LogP contribution in [-0.2, 0) is 25.9 Å². The Morgan fingerprint density at radius 2 is 2.09 bits per heavy atom. The number of hydrogen-bond donors (Lipinski definition) is 0. The number of halogens is 1. The molecule has 0 spiro atoms. The van der Waals surface area contributed by atoms with Crippen LogP contribution in [0.1, 0.15) is 45.6 Å². The number of hydrogen-bond acceptors (Lipinski definition) is 2. The van der Waals surface area contributed by atoms with Crippen molar-refractivity contribution in [2.24, 2.45) is 0 Å². The molecule has 4 nitrogen and oxygen atoms in total. The first-order valence-corrected chi connectivity index (χ1v) is 9.04. The zero-order valence-corrected chi connectivity index (χ0v) is 14.9. The highest BCUT2D eigenvalue weighted by Crippen LogP contribution is 2.29. The fraction of sp³-hybridized carbons (Fsp3) is 0.444. The minimum absolute atomic E-state index is 0.136. The topological polar surface area (TPSA) is 38.1 Å². The molecule has 0 fully saturated rings. The molecule has 2 aromatic rings. The highest BCUT2D eigenvalue weighted by atomic mass is 79.9. The number of carbonyl (C=O) groups is 1. The average molecular weight is 374 g/mol. The molecule has 0 N–H and O–H groups in total. The second-order valence-electron chi connectivity index (χ2n) is 6.55. The molecule has 0 saturated heterocycles. The molecule has 5 heteroatoms. The summed E-state index contributed by atoms with van der Waals surface area (Å²) >= 11 is 3.66. The van der Waals surface area contributed by atoms with Gasteiger partial charge in [0, 0.05) is 24.1 Å². The number of carbonyl (C=O) groups excluding carboxylic acids is 1. The minimum atomic E-state index is 0.136. The molecular weight excluding hydrogens is 354 g/mol. The third-order valence-electron chi connectivity index (χ3n) is 4.92. The molecular formula is C18H20BrN3O. The first-order valence-electron chi connectivity index (χ1n) is 8.25. The van der Waals surface area contributed by atoms with Crippen LogP contribution in [0.15, 0.2) is 22.8 Å². The Labute approximate surface area is 144 Å². The van der Waals surface area contributed by atoms with Crippen LogP contribution >= 0.6 is 15.9 Å². The molecule has 0 atom stereocenters. The van der Waals surface area contributed by atoms with Crippen LogP contribution < -0.4 is 0 Å². The van der Waals surface area contributed by atoms with Crippen LogP contribution in [0.5, 0.6) is 0 Å². The van der Waals surface area contributed by atoms with Gasteiger partial charge < -0.3 is 4.90 Å². The van der Waals surface area contributed by atoms with Gasteiger partial charge in [-0.25, -0.2) is 0 Å². The van der Waals surface area contributed by atoms with Crippen molar-refractivity contribution in [1.29, 1.82) is 0 Å². The monoisotopic (exact) mass is 373 g/mol. The average Bonchev–Trinajstić information content (AvgIpc) is 2.97. The summed E-state index contributed by atoms with van der Waals surface area (Å²) in [6, 6.07) is 4.36. The number of aryl methyl sites for hydroxylation is 2. The molecule has 3 heterocycles. The van der Waals surface area contributed by atoms with Crippen LogP contribution in [0.25, 0.3) is 0 Å². The van der Waals surface area contributed by atoms with Crippen LogP contribution in [-0.4, -0.2) is 27.1 Å². The predicted octanol–water partition coefficient (Wildman–Crippen LogP) is 3.49. The van der Waals surface area contributed by atoms with Crippen molar-refractivity contribution in [3.8, 4) is 0 Å². The summed E-state index contributed by atoms with van der Waals surface area (Å²) < 4.78 is 3.18. The van der Waals surface area contributed by atoms with E-state index in [0.717, 1.165) is 50.0 Å². The highest BCUT2D eigenvalue weighted by molar-refractivity contribution is 9.10. The molecule has 23 heavy (non-hydrogen) atoms. The SMILES string of the molecule is Cc1cc(Br)c2c(c1)CN(C(=O)c1cnn3c1CCCC3)CC2. The first-order chi connectivity index (χ1) is 11.1. The Hall–Kier alpha value is -1.62. The van der Waals surface area contributed by atoms with E-state index in [9.17, 15) is 4.79 Å². The summed E-state index contributed by atoms with van der Waals surface area (Å²) in [6.07, 6.45) is 5.96. The Balaban J connectivity index is 1.62. The molecule has 1 amide bonds. The molecule has 0 bridgehead atoms. The second kappa shape index (κ2) is 5.78. The summed E-state index contributed by atoms with van der Waals surface area (Å²) in [5.74, 6) is 0.136. The van der Waals surface area contributed by atoms with E-state index in [1.807, 2.05) is 9.58 Å². The summed E-state index contributed by atoms with van der Waals surface area (Å²) in [4.78, 5) is 14.9. The van der Waals surface area contributed by atoms with Gasteiger partial charge in [-0.1, -0.05) is 22.0 Å². The van der Waals surface area contributed by atoms with Gasteiger partial charge in [-0.15, -0.1) is 0 Å². The Bertz CT molecular complexity index is 781. The maximum atomic E-state index is 13.0. The lowest BCUT2D eigenvalue weighted by molar-refractivity contribution is 0.0733. The van der Waals surface area contributed by atoms with Crippen LogP contribution in [0.4, 0.5) is 0 Å². The van der Waals surface area contributed by atoms with Gasteiger partial charge in [-0.2, -0.15) is 5.10 Å². The summed E-state index contributed by atoms with van der Waals surface area (Å²) in [6.45, 7) is 4.51. The van der Waals surface area contributed by atoms with Gasteiger partial charge in [0.25, 0.3) is 5.91 Å². The molecule has 0 saturated carbocycles. The van der Waals surface area contributed by atoms with Crippen molar-refractivity contribution in [2.45, 2.75) is 45.7 Å². The van der Waals surface area contributed by atoms with Gasteiger partial charge in [0.15, 0.2) is 0 Å². The number of nitrogens with zero attached hydrogens (tertiary/aromatic N) is 3. The van der Waals surface area contributed by atoms with Gasteiger partial charge in [0.2, 0.25) is 0 Å². The molecule has 2 aliphatic rings. The predicted molar refractivity (Wildman–Crippen MR) is 92.5 cm³/mol. The molecule has 1 aromatic heterocycles. The maximum absolute atomic E-state index is 13.0. The number of benzene rings is 1. The fourth-order valence-electron chi connectivity index (χ4n) is 3.74. The Morgan fingerprint density at radius 1 is 1.22 bits per heavy atom. The number of fused-ring (bicyclic) bond motifs is 2. The molecule has 1 aromatic carbocycles. The molecule has 2 aliphatic heterocycles. The van der Waals surface area contributed by atoms with E-state index in [0.29, 0.717) is 6.54 Å². The van der Waals surface area contributed by atoms with E-state index in [4.69, 9.17) is 0 Å². The molecule has 0 unspecified atom stereocenters. The molecule has 0 aliphatic carbocycles. The molecule has 4 rings (SSSR count). The number of rotatable bonds is 1. The number of aromatic nitrogens is 2. The van der Waals surface area contributed by atoms with E-state index >= 15 is 0 Å². The first kappa shape index (κ1) is 14.9. The third-order valence-corrected chi connectivity index (χ3v) is 5.63. The van der Waals surface area contributed by atoms with E-state index in [1.165, 1.54) is 21.2 Å². The zero-order chi connectivity index (χ0) is 16.0. The summed E-state index contributed by atoms with van der Waals surface area (Å²) in [5.41, 5.74) is 5.76. The quantitative estimate of drug-likeness (QED) is 0.767. The zero-order valence-electron chi connectivity index (χ0n) is 13.3. The minimum Gasteiger partial charge on any atom is -0.334 e. The van der Waals surface area contributed by atoms with Crippen LogP contribution in [0, 0.1) is 6.92 Å². The smallest absolute Gasteiger partial charge is 0.257 e. The van der Waals surface area contributed by atoms with E-state index in [2.05, 4.69) is 40.1 Å². The fourth-order valence-corrected chi connectivity index (χ4v) is 4.55. The van der Waals surface area contributed by atoms with Gasteiger partial charge in [0.05, 0.1) is 17.5 Å². The van der Waals surface area contributed by atoms with Crippen molar-refractivity contribution >= 4 is 21.8 Å². The second-order valence-corrected chi connectivity index (χ2v) is 7.40. The van der Waals surface area contributed by atoms with Crippen molar-refractivity contribution < 1.29 is 4.79 Å². The van der Waals surface area contributed by atoms with Gasteiger partial charge in [0.1, 0.15) is 0 Å². The third kappa shape index (κ3) is 2.61. The Kier molecular flexibility index (Phi) is 3.76. The molecule has 0 radical (unpaired) electrons. The van der Waals surface area contributed by atoms with Gasteiger partial charge >= 0.3 is 0 Å². The Morgan fingerprint density at radius 3 is 2.96 bits per heavy atom. The van der Waals surface area contributed by atoms with Crippen molar-refractivity contribution in [1.82, 2.24) is 14.7 Å². The molecule has 120 valence electrons. The maximum Gasteiger partial charge on any atom is 0.257 e. The normalized spacial score (nSPS) is 16.9. The lowest BCUT2D eigenvalue weighted by Gasteiger charge is -2.30. The van der Waals surface area contributed by atoms with Crippen molar-refractivity contribution in [3.05, 3.63) is 50.8 Å². The van der Waals surface area contributed by atoms with E-state index < -0.39 is 0 Å². The number of amides is 1. The van der Waals surface area contributed by atoms with Gasteiger partial charge in [-0.3, -0.25) is 9.48 Å². The van der Waals surface area contributed by atoms with Crippen LogP contribution in [0.2, 0.25) is 0 Å². The standard InChI is InChI=1S/C18H20BrN3O/c1-12-8-13-11-21(7-5-14(13)16(19)9-12)18(23)15-10-20-22-6-3-2-4-17(15)22/h8-10H,2-7,11H2,1H3. The summed E-state index contributed by atoms with van der Waals surface area (Å²) in [7, 11) is 0. The van der Waals surface area contributed by atoms with E-state index in [-0.39, 0.29) is 5.91 Å². The lowest BCUT2D eigenvalue weighted by atomic mass is 9.97. The summed E-state index contributed by atoms with van der Waals surface area (Å²) in [5, 5.41) is 4.41.